The molecular weight excluding hydrogens is 235 g/mol. The summed E-state index contributed by atoms with van der Waals surface area (Å²) in [5.41, 5.74) is -0.0986. The van der Waals surface area contributed by atoms with E-state index in [1.807, 2.05) is 0 Å². The van der Waals surface area contributed by atoms with Crippen LogP contribution in [-0.4, -0.2) is 4.37 Å². The van der Waals surface area contributed by atoms with Crippen molar-refractivity contribution in [3.05, 3.63) is 40.8 Å². The van der Waals surface area contributed by atoms with E-state index in [0.717, 1.165) is 11.5 Å². The van der Waals surface area contributed by atoms with Crippen LogP contribution in [0.25, 0.3) is 11.3 Å². The average molecular weight is 243 g/mol. The monoisotopic (exact) mass is 243 g/mol. The van der Waals surface area contributed by atoms with E-state index in [4.69, 9.17) is 0 Å². The molecule has 0 unspecified atom stereocenters. The predicted molar refractivity (Wildman–Crippen MR) is 57.3 cm³/mol. The Kier molecular flexibility index (Phi) is 2.71. The number of halogens is 3. The minimum Gasteiger partial charge on any atom is -0.192 e. The lowest BCUT2D eigenvalue weighted by Crippen LogP contribution is -2.07. The lowest BCUT2D eigenvalue weighted by Gasteiger charge is -2.08. The molecule has 0 aliphatic rings. The molecule has 0 spiro atoms. The summed E-state index contributed by atoms with van der Waals surface area (Å²) in [5, 5.41) is 0. The maximum Gasteiger partial charge on any atom is 0.419 e. The van der Waals surface area contributed by atoms with E-state index < -0.39 is 11.7 Å². The molecule has 0 bridgehead atoms. The third kappa shape index (κ3) is 1.95. The van der Waals surface area contributed by atoms with Gasteiger partial charge in [0.15, 0.2) is 0 Å². The highest BCUT2D eigenvalue weighted by atomic mass is 32.1. The van der Waals surface area contributed by atoms with Crippen molar-refractivity contribution in [1.29, 1.82) is 0 Å². The molecule has 0 radical (unpaired) electrons. The van der Waals surface area contributed by atoms with Gasteiger partial charge in [-0.15, -0.1) is 0 Å². The number of benzene rings is 1. The summed E-state index contributed by atoms with van der Waals surface area (Å²) < 4.78 is 42.3. The van der Waals surface area contributed by atoms with Gasteiger partial charge in [-0.25, -0.2) is 0 Å². The van der Waals surface area contributed by atoms with E-state index in [-0.39, 0.29) is 10.6 Å². The molecule has 0 aliphatic heterocycles. The Hall–Kier alpha value is -1.36. The van der Waals surface area contributed by atoms with Crippen LogP contribution in [0.4, 0.5) is 13.2 Å². The molecule has 0 atom stereocenters. The fourth-order valence-corrected chi connectivity index (χ4v) is 2.23. The van der Waals surface area contributed by atoms with E-state index in [1.54, 1.807) is 30.3 Å². The first-order chi connectivity index (χ1) is 7.50. The maximum absolute atomic E-state index is 12.8. The highest BCUT2D eigenvalue weighted by molar-refractivity contribution is 7.06. The van der Waals surface area contributed by atoms with Crippen molar-refractivity contribution in [3.63, 3.8) is 0 Å². The van der Waals surface area contributed by atoms with E-state index in [2.05, 4.69) is 4.37 Å². The van der Waals surface area contributed by atoms with Gasteiger partial charge in [0, 0.05) is 10.4 Å². The molecule has 5 heteroatoms. The summed E-state index contributed by atoms with van der Waals surface area (Å²) in [4.78, 5) is 0.200. The largest absolute Gasteiger partial charge is 0.419 e. The molecule has 0 saturated heterocycles. The van der Waals surface area contributed by atoms with E-state index in [9.17, 15) is 13.2 Å². The molecule has 0 fully saturated rings. The van der Waals surface area contributed by atoms with Crippen molar-refractivity contribution in [1.82, 2.24) is 4.37 Å². The fraction of sp³-hybridized carbons (Fsp3) is 0.182. The molecule has 84 valence electrons. The summed E-state index contributed by atoms with van der Waals surface area (Å²) in [6, 6.07) is 8.41. The van der Waals surface area contributed by atoms with Crippen LogP contribution >= 0.6 is 11.5 Å². The summed E-state index contributed by atoms with van der Waals surface area (Å²) in [5.74, 6) is 0. The summed E-state index contributed by atoms with van der Waals surface area (Å²) in [6.07, 6.45) is -4.34. The molecule has 1 aromatic heterocycles. The number of hydrogen-bond acceptors (Lipinski definition) is 2. The fourth-order valence-electron chi connectivity index (χ4n) is 1.50. The maximum atomic E-state index is 12.8. The highest BCUT2D eigenvalue weighted by Crippen LogP contribution is 2.40. The first-order valence-electron chi connectivity index (χ1n) is 4.59. The third-order valence-corrected chi connectivity index (χ3v) is 2.95. The lowest BCUT2D eigenvalue weighted by atomic mass is 10.1. The van der Waals surface area contributed by atoms with E-state index in [0.29, 0.717) is 5.56 Å². The van der Waals surface area contributed by atoms with Gasteiger partial charge in [-0.3, -0.25) is 0 Å². The zero-order valence-corrected chi connectivity index (χ0v) is 9.19. The number of aromatic nitrogens is 1. The quantitative estimate of drug-likeness (QED) is 0.733. The number of alkyl halides is 3. The summed E-state index contributed by atoms with van der Waals surface area (Å²) in [7, 11) is 0. The van der Waals surface area contributed by atoms with Gasteiger partial charge in [0.2, 0.25) is 0 Å². The van der Waals surface area contributed by atoms with E-state index >= 15 is 0 Å². The average Bonchev–Trinajstić information content (AvgIpc) is 2.61. The van der Waals surface area contributed by atoms with Crippen molar-refractivity contribution in [3.8, 4) is 11.3 Å². The topological polar surface area (TPSA) is 12.9 Å². The Morgan fingerprint density at radius 1 is 1.12 bits per heavy atom. The Bertz CT molecular complexity index is 488. The van der Waals surface area contributed by atoms with Crippen LogP contribution in [0.3, 0.4) is 0 Å². The van der Waals surface area contributed by atoms with Crippen molar-refractivity contribution >= 4 is 11.5 Å². The third-order valence-electron chi connectivity index (χ3n) is 2.19. The Morgan fingerprint density at radius 2 is 1.75 bits per heavy atom. The molecule has 0 N–H and O–H groups in total. The molecule has 1 heterocycles. The standard InChI is InChI=1S/C11H8F3NS/c1-7-9(11(12,13)14)10(15-16-7)8-5-3-2-4-6-8/h2-6H,1H3. The van der Waals surface area contributed by atoms with Crippen molar-refractivity contribution in [2.24, 2.45) is 0 Å². The molecule has 0 saturated carbocycles. The van der Waals surface area contributed by atoms with Crippen molar-refractivity contribution < 1.29 is 13.2 Å². The van der Waals surface area contributed by atoms with Gasteiger partial charge in [0.1, 0.15) is 0 Å². The van der Waals surface area contributed by atoms with Crippen LogP contribution in [0.5, 0.6) is 0 Å². The first kappa shape index (κ1) is 11.1. The molecule has 2 rings (SSSR count). The molecule has 16 heavy (non-hydrogen) atoms. The zero-order chi connectivity index (χ0) is 11.8. The number of nitrogens with zero attached hydrogens (tertiary/aromatic N) is 1. The molecule has 0 amide bonds. The smallest absolute Gasteiger partial charge is 0.192 e. The molecule has 2 aromatic rings. The Balaban J connectivity index is 2.60. The van der Waals surface area contributed by atoms with Gasteiger partial charge < -0.3 is 0 Å². The predicted octanol–water partition coefficient (Wildman–Crippen LogP) is 4.14. The van der Waals surface area contributed by atoms with Crippen LogP contribution in [0, 0.1) is 6.92 Å². The van der Waals surface area contributed by atoms with Crippen LogP contribution in [0.15, 0.2) is 30.3 Å². The molecule has 0 aliphatic carbocycles. The number of rotatable bonds is 1. The van der Waals surface area contributed by atoms with Gasteiger partial charge in [-0.05, 0) is 18.5 Å². The Labute approximate surface area is 94.7 Å². The lowest BCUT2D eigenvalue weighted by molar-refractivity contribution is -0.137. The molecule has 1 aromatic carbocycles. The molecular formula is C11H8F3NS. The normalized spacial score (nSPS) is 11.8. The second-order valence-electron chi connectivity index (χ2n) is 3.33. The second-order valence-corrected chi connectivity index (χ2v) is 4.30. The van der Waals surface area contributed by atoms with Crippen molar-refractivity contribution in [2.75, 3.05) is 0 Å². The summed E-state index contributed by atoms with van der Waals surface area (Å²) in [6.45, 7) is 1.44. The minimum atomic E-state index is -4.34. The SMILES string of the molecule is Cc1snc(-c2ccccc2)c1C(F)(F)F. The number of hydrogen-bond donors (Lipinski definition) is 0. The van der Waals surface area contributed by atoms with Crippen LogP contribution < -0.4 is 0 Å². The summed E-state index contributed by atoms with van der Waals surface area (Å²) >= 11 is 0.883. The number of aryl methyl sites for hydroxylation is 1. The van der Waals surface area contributed by atoms with Gasteiger partial charge in [-0.2, -0.15) is 17.5 Å². The van der Waals surface area contributed by atoms with Gasteiger partial charge >= 0.3 is 6.18 Å². The van der Waals surface area contributed by atoms with Gasteiger partial charge in [-0.1, -0.05) is 30.3 Å². The molecule has 1 nitrogen and oxygen atoms in total. The van der Waals surface area contributed by atoms with Gasteiger partial charge in [0.25, 0.3) is 0 Å². The second kappa shape index (κ2) is 3.90. The van der Waals surface area contributed by atoms with Gasteiger partial charge in [0.05, 0.1) is 11.3 Å². The minimum absolute atomic E-state index is 0.0237. The van der Waals surface area contributed by atoms with Crippen molar-refractivity contribution in [2.45, 2.75) is 13.1 Å². The van der Waals surface area contributed by atoms with Crippen LogP contribution in [0.2, 0.25) is 0 Å². The van der Waals surface area contributed by atoms with E-state index in [1.165, 1.54) is 6.92 Å². The van der Waals surface area contributed by atoms with Crippen LogP contribution in [-0.2, 0) is 6.18 Å². The highest BCUT2D eigenvalue weighted by Gasteiger charge is 2.37. The zero-order valence-electron chi connectivity index (χ0n) is 8.38. The Morgan fingerprint density at radius 3 is 2.31 bits per heavy atom. The van der Waals surface area contributed by atoms with Crippen LogP contribution in [0.1, 0.15) is 10.4 Å². The first-order valence-corrected chi connectivity index (χ1v) is 5.36.